The maximum atomic E-state index is 13.1. The van der Waals surface area contributed by atoms with Gasteiger partial charge in [0.15, 0.2) is 0 Å². The predicted octanol–water partition coefficient (Wildman–Crippen LogP) is 2.30. The third-order valence-corrected chi connectivity index (χ3v) is 5.33. The molecule has 1 N–H and O–H groups in total. The van der Waals surface area contributed by atoms with Crippen LogP contribution in [0.25, 0.3) is 16.4 Å². The minimum absolute atomic E-state index is 0.207. The molecule has 0 unspecified atom stereocenters. The minimum Gasteiger partial charge on any atom is -0.497 e. The lowest BCUT2D eigenvalue weighted by Crippen LogP contribution is -2.34. The van der Waals surface area contributed by atoms with Gasteiger partial charge in [0.2, 0.25) is 5.91 Å². The lowest BCUT2D eigenvalue weighted by molar-refractivity contribution is -0.122. The number of carbonyl (C=O) groups is 1. The Labute approximate surface area is 184 Å². The van der Waals surface area contributed by atoms with E-state index in [4.69, 9.17) is 14.2 Å². The van der Waals surface area contributed by atoms with Gasteiger partial charge in [-0.3, -0.25) is 14.0 Å². The average Bonchev–Trinajstić information content (AvgIpc) is 3.21. The molecule has 1 amide bonds. The summed E-state index contributed by atoms with van der Waals surface area (Å²) >= 11 is 0. The van der Waals surface area contributed by atoms with Gasteiger partial charge in [-0.25, -0.2) is 4.68 Å². The van der Waals surface area contributed by atoms with Crippen LogP contribution in [0.15, 0.2) is 47.3 Å². The zero-order valence-corrected chi connectivity index (χ0v) is 18.3. The summed E-state index contributed by atoms with van der Waals surface area (Å²) in [6, 6.07) is 12.7. The van der Waals surface area contributed by atoms with Gasteiger partial charge in [0.25, 0.3) is 5.56 Å². The van der Waals surface area contributed by atoms with Gasteiger partial charge in [0.05, 0.1) is 26.8 Å². The van der Waals surface area contributed by atoms with Crippen LogP contribution >= 0.6 is 0 Å². The maximum absolute atomic E-state index is 13.1. The number of amides is 1. The normalized spacial score (nSPS) is 11.0. The van der Waals surface area contributed by atoms with Crippen LogP contribution in [0.4, 0.5) is 0 Å². The first-order valence-electron chi connectivity index (χ1n) is 10.00. The Kier molecular flexibility index (Phi) is 5.72. The number of aryl methyl sites for hydroxylation is 1. The van der Waals surface area contributed by atoms with Crippen LogP contribution in [0, 0.1) is 6.92 Å². The van der Waals surface area contributed by atoms with Crippen molar-refractivity contribution in [1.29, 1.82) is 0 Å². The lowest BCUT2D eigenvalue weighted by Gasteiger charge is -2.12. The van der Waals surface area contributed by atoms with Crippen molar-refractivity contribution in [2.75, 3.05) is 21.3 Å². The van der Waals surface area contributed by atoms with Gasteiger partial charge in [-0.1, -0.05) is 6.07 Å². The number of hydrogen-bond donors (Lipinski definition) is 1. The van der Waals surface area contributed by atoms with Crippen LogP contribution in [0.2, 0.25) is 0 Å². The van der Waals surface area contributed by atoms with Crippen molar-refractivity contribution in [2.24, 2.45) is 0 Å². The van der Waals surface area contributed by atoms with Crippen molar-refractivity contribution in [3.8, 4) is 17.2 Å². The van der Waals surface area contributed by atoms with Crippen LogP contribution in [-0.4, -0.2) is 41.4 Å². The first kappa shape index (κ1) is 21.2. The molecular weight excluding hydrogens is 412 g/mol. The summed E-state index contributed by atoms with van der Waals surface area (Å²) in [5.41, 5.74) is 1.66. The molecule has 2 aromatic heterocycles. The molecule has 2 aromatic carbocycles. The molecule has 9 heteroatoms. The molecule has 0 aliphatic rings. The van der Waals surface area contributed by atoms with Crippen LogP contribution in [0.5, 0.6) is 17.2 Å². The number of ether oxygens (including phenoxy) is 3. The number of aromatic nitrogens is 3. The van der Waals surface area contributed by atoms with Gasteiger partial charge < -0.3 is 19.5 Å². The van der Waals surface area contributed by atoms with Gasteiger partial charge in [0.1, 0.15) is 35.1 Å². The van der Waals surface area contributed by atoms with E-state index in [-0.39, 0.29) is 24.6 Å². The number of benzene rings is 2. The van der Waals surface area contributed by atoms with Crippen molar-refractivity contribution in [3.05, 3.63) is 64.2 Å². The highest BCUT2D eigenvalue weighted by Gasteiger charge is 2.16. The van der Waals surface area contributed by atoms with Crippen LogP contribution in [0.3, 0.4) is 0 Å². The Balaban J connectivity index is 1.61. The number of hydrogen-bond acceptors (Lipinski definition) is 6. The molecule has 4 rings (SSSR count). The maximum Gasteiger partial charge on any atom is 0.291 e. The summed E-state index contributed by atoms with van der Waals surface area (Å²) in [5, 5.41) is 7.98. The topological polar surface area (TPSA) is 96.1 Å². The van der Waals surface area contributed by atoms with E-state index in [1.54, 1.807) is 56.9 Å². The quantitative estimate of drug-likeness (QED) is 0.478. The fourth-order valence-electron chi connectivity index (χ4n) is 3.80. The molecule has 0 radical (unpaired) electrons. The molecule has 0 saturated heterocycles. The first-order chi connectivity index (χ1) is 15.5. The van der Waals surface area contributed by atoms with E-state index in [0.29, 0.717) is 28.6 Å². The van der Waals surface area contributed by atoms with E-state index in [1.165, 1.54) is 4.68 Å². The van der Waals surface area contributed by atoms with Crippen molar-refractivity contribution < 1.29 is 19.0 Å². The largest absolute Gasteiger partial charge is 0.497 e. The van der Waals surface area contributed by atoms with Crippen molar-refractivity contribution in [1.82, 2.24) is 19.5 Å². The molecule has 4 aromatic rings. The molecule has 166 valence electrons. The van der Waals surface area contributed by atoms with Gasteiger partial charge in [-0.05, 0) is 43.3 Å². The molecular formula is C23H24N4O5. The van der Waals surface area contributed by atoms with Crippen molar-refractivity contribution in [3.63, 3.8) is 0 Å². The van der Waals surface area contributed by atoms with E-state index in [9.17, 15) is 9.59 Å². The highest BCUT2D eigenvalue weighted by Crippen LogP contribution is 2.28. The fraction of sp³-hybridized carbons (Fsp3) is 0.261. The highest BCUT2D eigenvalue weighted by molar-refractivity contribution is 5.92. The Hall–Kier alpha value is -4.01. The minimum atomic E-state index is -0.358. The van der Waals surface area contributed by atoms with E-state index < -0.39 is 0 Å². The molecule has 0 aliphatic heterocycles. The zero-order chi connectivity index (χ0) is 22.8. The fourth-order valence-corrected chi connectivity index (χ4v) is 3.80. The van der Waals surface area contributed by atoms with Gasteiger partial charge in [-0.2, -0.15) is 5.10 Å². The summed E-state index contributed by atoms with van der Waals surface area (Å²) in [6.45, 7) is 1.81. The first-order valence-corrected chi connectivity index (χ1v) is 10.00. The molecule has 0 atom stereocenters. The number of carbonyl (C=O) groups excluding carboxylic acids is 1. The Morgan fingerprint density at radius 3 is 2.50 bits per heavy atom. The van der Waals surface area contributed by atoms with E-state index >= 15 is 0 Å². The Bertz CT molecular complexity index is 1370. The zero-order valence-electron chi connectivity index (χ0n) is 18.3. The smallest absolute Gasteiger partial charge is 0.291 e. The lowest BCUT2D eigenvalue weighted by atomic mass is 10.2. The van der Waals surface area contributed by atoms with E-state index in [1.807, 2.05) is 18.2 Å². The van der Waals surface area contributed by atoms with E-state index in [2.05, 4.69) is 10.4 Å². The monoisotopic (exact) mass is 436 g/mol. The summed E-state index contributed by atoms with van der Waals surface area (Å²) in [4.78, 5) is 25.7. The summed E-state index contributed by atoms with van der Waals surface area (Å²) < 4.78 is 18.9. The van der Waals surface area contributed by atoms with Crippen molar-refractivity contribution >= 4 is 22.3 Å². The van der Waals surface area contributed by atoms with Crippen LogP contribution < -0.4 is 25.1 Å². The molecule has 2 heterocycles. The number of methoxy groups -OCH3 is 3. The second-order valence-electron chi connectivity index (χ2n) is 7.22. The highest BCUT2D eigenvalue weighted by atomic mass is 16.5. The third-order valence-electron chi connectivity index (χ3n) is 5.33. The van der Waals surface area contributed by atoms with E-state index in [0.717, 1.165) is 16.5 Å². The molecule has 0 bridgehead atoms. The second-order valence-corrected chi connectivity index (χ2v) is 7.22. The number of fused-ring (bicyclic) bond motifs is 3. The standard InChI is InChI=1S/C23H24N4O5/c1-14-25-26(13-22(28)24-12-15-10-16(30-2)8-9-20(15)31-3)23(29)19-11-17-18(27(14)19)6-5-7-21(17)32-4/h5-11H,12-13H2,1-4H3,(H,24,28). The second kappa shape index (κ2) is 8.62. The van der Waals surface area contributed by atoms with Crippen LogP contribution in [-0.2, 0) is 17.9 Å². The van der Waals surface area contributed by atoms with Gasteiger partial charge in [-0.15, -0.1) is 0 Å². The summed E-state index contributed by atoms with van der Waals surface area (Å²) in [5.74, 6) is 2.20. The van der Waals surface area contributed by atoms with Gasteiger partial charge in [0, 0.05) is 17.5 Å². The average molecular weight is 436 g/mol. The molecule has 0 fully saturated rings. The number of nitrogens with one attached hydrogen (secondary N) is 1. The molecule has 0 aliphatic carbocycles. The number of rotatable bonds is 7. The Morgan fingerprint density at radius 2 is 1.78 bits per heavy atom. The summed E-state index contributed by atoms with van der Waals surface area (Å²) in [7, 11) is 4.72. The molecule has 32 heavy (non-hydrogen) atoms. The summed E-state index contributed by atoms with van der Waals surface area (Å²) in [6.07, 6.45) is 0. The molecule has 0 saturated carbocycles. The van der Waals surface area contributed by atoms with Gasteiger partial charge >= 0.3 is 0 Å². The van der Waals surface area contributed by atoms with Crippen molar-refractivity contribution in [2.45, 2.75) is 20.0 Å². The Morgan fingerprint density at radius 1 is 1.00 bits per heavy atom. The van der Waals surface area contributed by atoms with Crippen LogP contribution in [0.1, 0.15) is 11.4 Å². The number of nitrogens with zero attached hydrogens (tertiary/aromatic N) is 3. The SMILES string of the molecule is COc1ccc(OC)c(CNC(=O)Cn2nc(C)n3c(cc4c(OC)cccc43)c2=O)c1. The molecule has 9 nitrogen and oxygen atoms in total. The third kappa shape index (κ3) is 3.73. The predicted molar refractivity (Wildman–Crippen MR) is 120 cm³/mol. The molecule has 0 spiro atoms.